The van der Waals surface area contributed by atoms with E-state index >= 15 is 0 Å². The first-order valence-electron chi connectivity index (χ1n) is 9.92. The Balaban J connectivity index is 2.28. The van der Waals surface area contributed by atoms with Gasteiger partial charge in [0.1, 0.15) is 0 Å². The fourth-order valence-electron chi connectivity index (χ4n) is 4.72. The Kier molecular flexibility index (Phi) is 5.83. The molecule has 0 bridgehead atoms. The third kappa shape index (κ3) is 3.52. The summed E-state index contributed by atoms with van der Waals surface area (Å²) in [4.78, 5) is 0. The maximum absolute atomic E-state index is 6.82. The van der Waals surface area contributed by atoms with Crippen molar-refractivity contribution >= 4 is 30.4 Å². The van der Waals surface area contributed by atoms with Crippen molar-refractivity contribution in [3.05, 3.63) is 85.9 Å². The number of rotatable bonds is 2. The molecule has 4 rings (SSSR count). The molecule has 0 radical (unpaired) electrons. The molecular weight excluding hydrogens is 500 g/mol. The zero-order chi connectivity index (χ0) is 21.7. The molecule has 1 heterocycles. The van der Waals surface area contributed by atoms with E-state index in [1.54, 1.807) is 0 Å². The number of para-hydroxylation sites is 2. The molecule has 5 heteroatoms. The summed E-state index contributed by atoms with van der Waals surface area (Å²) in [5.41, 5.74) is 12.0. The van der Waals surface area contributed by atoms with E-state index in [1.807, 2.05) is 0 Å². The molecule has 0 saturated carbocycles. The van der Waals surface area contributed by atoms with Crippen LogP contribution in [0.25, 0.3) is 22.4 Å². The van der Waals surface area contributed by atoms with Gasteiger partial charge in [0.05, 0.1) is 0 Å². The number of halogens is 2. The number of fused-ring (bicyclic) bond motifs is 1. The molecule has 0 spiro atoms. The van der Waals surface area contributed by atoms with E-state index < -0.39 is 13.5 Å². The van der Waals surface area contributed by atoms with Crippen molar-refractivity contribution < 1.29 is 13.5 Å². The van der Waals surface area contributed by atoms with Gasteiger partial charge in [0.2, 0.25) is 0 Å². The Morgan fingerprint density at radius 1 is 0.600 bits per heavy atom. The van der Waals surface area contributed by atoms with E-state index in [2.05, 4.69) is 99.2 Å². The average Bonchev–Trinajstić information content (AvgIpc) is 2.95. The summed E-state index contributed by atoms with van der Waals surface area (Å²) in [6.07, 6.45) is 0. The van der Waals surface area contributed by atoms with Crippen LogP contribution in [0.2, 0.25) is 0 Å². The average molecular weight is 526 g/mol. The molecule has 158 valence electrons. The normalized spacial score (nSPS) is 11.9. The first-order chi connectivity index (χ1) is 14.2. The van der Waals surface area contributed by atoms with Crippen LogP contribution in [0.1, 0.15) is 33.4 Å². The molecule has 0 aliphatic heterocycles. The summed E-state index contributed by atoms with van der Waals surface area (Å²) in [5.74, 6) is 0. The van der Waals surface area contributed by atoms with Gasteiger partial charge in [0, 0.05) is 0 Å². The third-order valence-corrected chi connectivity index (χ3v) is 8.34. The summed E-state index contributed by atoms with van der Waals surface area (Å²) >= 11 is -2.31. The minimum absolute atomic E-state index is 0.995. The SMILES string of the molecule is Cc1cc(C)c(-n2[c](=[Ru]([Cl])[Cl])n(-c3c(C)cc(C)cc3C)c3ccccc32)c(C)c1. The van der Waals surface area contributed by atoms with Gasteiger partial charge < -0.3 is 0 Å². The standard InChI is InChI=1S/C25H26N2.2ClH.Ru/c1-16-11-18(3)24(19(4)12-16)26-15-27(23-10-8-7-9-22(23)26)25-20(5)13-17(2)14-21(25)6;;;/h7-14H,1-6H3;2*1H;/q;;;+2/p-2. The topological polar surface area (TPSA) is 9.86 Å². The van der Waals surface area contributed by atoms with Crippen LogP contribution in [0, 0.1) is 45.6 Å². The van der Waals surface area contributed by atoms with Crippen molar-refractivity contribution in [3.8, 4) is 11.4 Å². The van der Waals surface area contributed by atoms with Crippen LogP contribution in [-0.4, -0.2) is 9.13 Å². The summed E-state index contributed by atoms with van der Waals surface area (Å²) in [6, 6.07) is 17.4. The number of aromatic nitrogens is 2. The van der Waals surface area contributed by atoms with E-state index in [-0.39, 0.29) is 0 Å². The fourth-order valence-corrected chi connectivity index (χ4v) is 7.53. The predicted octanol–water partition coefficient (Wildman–Crippen LogP) is 7.73. The molecule has 30 heavy (non-hydrogen) atoms. The van der Waals surface area contributed by atoms with Gasteiger partial charge in [0.25, 0.3) is 0 Å². The summed E-state index contributed by atoms with van der Waals surface area (Å²) in [7, 11) is 13.6. The van der Waals surface area contributed by atoms with Gasteiger partial charge in [-0.1, -0.05) is 0 Å². The van der Waals surface area contributed by atoms with Crippen molar-refractivity contribution in [2.75, 3.05) is 0 Å². The van der Waals surface area contributed by atoms with Gasteiger partial charge in [-0.3, -0.25) is 0 Å². The second-order valence-corrected chi connectivity index (χ2v) is 13.8. The molecule has 0 saturated heterocycles. The minimum atomic E-state index is -2.31. The monoisotopic (exact) mass is 526 g/mol. The zero-order valence-electron chi connectivity index (χ0n) is 18.1. The number of hydrogen-bond acceptors (Lipinski definition) is 0. The van der Waals surface area contributed by atoms with Crippen molar-refractivity contribution in [3.63, 3.8) is 0 Å². The van der Waals surface area contributed by atoms with Gasteiger partial charge in [-0.05, 0) is 0 Å². The van der Waals surface area contributed by atoms with E-state index in [0.29, 0.717) is 0 Å². The van der Waals surface area contributed by atoms with Gasteiger partial charge >= 0.3 is 192 Å². The molecule has 0 fully saturated rings. The van der Waals surface area contributed by atoms with Crippen molar-refractivity contribution in [2.45, 2.75) is 41.5 Å². The van der Waals surface area contributed by atoms with Crippen molar-refractivity contribution in [1.82, 2.24) is 9.13 Å². The predicted molar refractivity (Wildman–Crippen MR) is 126 cm³/mol. The van der Waals surface area contributed by atoms with Crippen LogP contribution in [-0.2, 0) is 13.5 Å². The number of aryl methyl sites for hydroxylation is 6. The Morgan fingerprint density at radius 3 is 1.23 bits per heavy atom. The van der Waals surface area contributed by atoms with Crippen LogP contribution in [0.3, 0.4) is 0 Å². The second kappa shape index (κ2) is 8.11. The molecule has 0 atom stereocenters. The zero-order valence-corrected chi connectivity index (χ0v) is 21.4. The fraction of sp³-hybridized carbons (Fsp3) is 0.240. The van der Waals surface area contributed by atoms with Gasteiger partial charge in [-0.2, -0.15) is 0 Å². The number of imidazole rings is 1. The van der Waals surface area contributed by atoms with Crippen LogP contribution >= 0.6 is 19.4 Å². The van der Waals surface area contributed by atoms with E-state index in [9.17, 15) is 0 Å². The molecule has 2 nitrogen and oxygen atoms in total. The molecule has 3 aromatic carbocycles. The summed E-state index contributed by atoms with van der Waals surface area (Å²) in [6.45, 7) is 12.9. The molecule has 0 aliphatic rings. The van der Waals surface area contributed by atoms with Gasteiger partial charge in [-0.25, -0.2) is 0 Å². The first-order valence-corrected chi connectivity index (χ1v) is 15.3. The maximum atomic E-state index is 6.82. The van der Waals surface area contributed by atoms with Gasteiger partial charge in [-0.15, -0.1) is 0 Å². The Bertz CT molecular complexity index is 1230. The Labute approximate surface area is 191 Å². The van der Waals surface area contributed by atoms with Crippen LogP contribution in [0.4, 0.5) is 0 Å². The molecule has 0 N–H and O–H groups in total. The third-order valence-electron chi connectivity index (χ3n) is 5.56. The van der Waals surface area contributed by atoms with Crippen LogP contribution in [0.15, 0.2) is 48.5 Å². The molecule has 4 aromatic rings. The van der Waals surface area contributed by atoms with Crippen LogP contribution in [0.5, 0.6) is 0 Å². The van der Waals surface area contributed by atoms with Crippen molar-refractivity contribution in [1.29, 1.82) is 0 Å². The van der Waals surface area contributed by atoms with E-state index in [0.717, 1.165) is 15.0 Å². The van der Waals surface area contributed by atoms with E-state index in [1.165, 1.54) is 44.8 Å². The first kappa shape index (κ1) is 21.6. The second-order valence-electron chi connectivity index (χ2n) is 8.10. The van der Waals surface area contributed by atoms with E-state index in [4.69, 9.17) is 19.4 Å². The molecule has 0 unspecified atom stereocenters. The molecule has 1 aromatic heterocycles. The summed E-state index contributed by atoms with van der Waals surface area (Å²) < 4.78 is 5.60. The molecule has 0 amide bonds. The van der Waals surface area contributed by atoms with Crippen LogP contribution < -0.4 is 0 Å². The van der Waals surface area contributed by atoms with Crippen molar-refractivity contribution in [2.24, 2.45) is 0 Å². The Hall–Kier alpha value is -1.67. The quantitative estimate of drug-likeness (QED) is 0.237. The number of benzene rings is 3. The summed E-state index contributed by atoms with van der Waals surface area (Å²) in [5, 5.41) is 0. The number of nitrogens with zero attached hydrogens (tertiary/aromatic N) is 2. The molecular formula is C25H26Cl2N2Ru. The van der Waals surface area contributed by atoms with Gasteiger partial charge in [0.15, 0.2) is 0 Å². The number of hydrogen-bond donors (Lipinski definition) is 0. The Morgan fingerprint density at radius 2 is 0.933 bits per heavy atom. The molecule has 0 aliphatic carbocycles.